The fourth-order valence-corrected chi connectivity index (χ4v) is 3.62. The largest absolute Gasteiger partial charge is 0.494 e. The van der Waals surface area contributed by atoms with Gasteiger partial charge in [0, 0.05) is 12.0 Å². The summed E-state index contributed by atoms with van der Waals surface area (Å²) in [6.07, 6.45) is 3.19. The van der Waals surface area contributed by atoms with Gasteiger partial charge in [0.15, 0.2) is 11.6 Å². The zero-order valence-corrected chi connectivity index (χ0v) is 16.6. The summed E-state index contributed by atoms with van der Waals surface area (Å²) in [5.74, 6) is 2.83. The van der Waals surface area contributed by atoms with E-state index in [0.717, 1.165) is 24.4 Å². The van der Waals surface area contributed by atoms with Gasteiger partial charge in [0.1, 0.15) is 11.5 Å². The zero-order valence-electron chi connectivity index (χ0n) is 16.6. The van der Waals surface area contributed by atoms with Crippen LogP contribution >= 0.6 is 0 Å². The average Bonchev–Trinajstić information content (AvgIpc) is 3.59. The lowest BCUT2D eigenvalue weighted by molar-refractivity contribution is 0.183. The molecule has 1 N–H and O–H groups in total. The third-order valence-electron chi connectivity index (χ3n) is 5.75. The number of hydrogen-bond donors (Lipinski definition) is 1. The number of halogens is 1. The third kappa shape index (κ3) is 4.01. The van der Waals surface area contributed by atoms with Crippen LogP contribution in [0.15, 0.2) is 34.7 Å². The van der Waals surface area contributed by atoms with Gasteiger partial charge in [-0.3, -0.25) is 0 Å². The van der Waals surface area contributed by atoms with E-state index in [1.165, 1.54) is 19.6 Å². The van der Waals surface area contributed by atoms with Gasteiger partial charge in [0.2, 0.25) is 0 Å². The maximum absolute atomic E-state index is 14.0. The summed E-state index contributed by atoms with van der Waals surface area (Å²) >= 11 is 0. The molecule has 0 spiro atoms. The number of nitrogens with one attached hydrogen (secondary N) is 1. The maximum atomic E-state index is 14.0. The Morgan fingerprint density at radius 2 is 2.11 bits per heavy atom. The van der Waals surface area contributed by atoms with E-state index < -0.39 is 5.82 Å². The number of hydrogen-bond acceptors (Lipinski definition) is 3. The molecule has 6 heteroatoms. The van der Waals surface area contributed by atoms with Gasteiger partial charge in [0.05, 0.1) is 19.7 Å². The lowest BCUT2D eigenvalue weighted by atomic mass is 10.1. The molecular weight excluding hydrogens is 359 g/mol. The molecule has 3 unspecified atom stereocenters. The number of furan rings is 1. The van der Waals surface area contributed by atoms with Gasteiger partial charge in [-0.25, -0.2) is 9.18 Å². The van der Waals surface area contributed by atoms with E-state index in [2.05, 4.69) is 12.2 Å². The molecule has 2 aromatic rings. The average molecular weight is 386 g/mol. The standard InChI is InChI=1S/C22H27FN2O3/c1-13-10-18(13)20-9-7-17(28-20)12-25(16-5-6-16)22(26)24-14(2)15-4-8-21(27-3)19(23)11-15/h4,7-9,11,13-14,16,18H,5-6,10,12H2,1-3H3,(H,24,26). The van der Waals surface area contributed by atoms with Crippen LogP contribution in [0.4, 0.5) is 9.18 Å². The molecule has 5 nitrogen and oxygen atoms in total. The monoisotopic (exact) mass is 386 g/mol. The molecule has 150 valence electrons. The van der Waals surface area contributed by atoms with Crippen LogP contribution < -0.4 is 10.1 Å². The van der Waals surface area contributed by atoms with E-state index in [-0.39, 0.29) is 23.9 Å². The summed E-state index contributed by atoms with van der Waals surface area (Å²) < 4.78 is 24.9. The minimum Gasteiger partial charge on any atom is -0.494 e. The molecule has 4 rings (SSSR count). The number of carbonyl (C=O) groups is 1. The van der Waals surface area contributed by atoms with Crippen molar-refractivity contribution in [2.75, 3.05) is 7.11 Å². The lowest BCUT2D eigenvalue weighted by Gasteiger charge is -2.24. The van der Waals surface area contributed by atoms with E-state index in [9.17, 15) is 9.18 Å². The topological polar surface area (TPSA) is 54.7 Å². The van der Waals surface area contributed by atoms with Gasteiger partial charge in [0.25, 0.3) is 0 Å². The number of ether oxygens (including phenoxy) is 1. The molecule has 0 radical (unpaired) electrons. The van der Waals surface area contributed by atoms with Gasteiger partial charge in [-0.2, -0.15) is 0 Å². The van der Waals surface area contributed by atoms with Crippen LogP contribution in [0.2, 0.25) is 0 Å². The molecule has 2 saturated carbocycles. The van der Waals surface area contributed by atoms with Crippen LogP contribution in [0.5, 0.6) is 5.75 Å². The van der Waals surface area contributed by atoms with Crippen LogP contribution in [-0.4, -0.2) is 24.1 Å². The highest BCUT2D eigenvalue weighted by atomic mass is 19.1. The molecule has 1 aromatic carbocycles. The van der Waals surface area contributed by atoms with E-state index in [1.807, 2.05) is 24.0 Å². The van der Waals surface area contributed by atoms with Crippen molar-refractivity contribution in [1.29, 1.82) is 0 Å². The summed E-state index contributed by atoms with van der Waals surface area (Å²) in [5.41, 5.74) is 0.699. The predicted octanol–water partition coefficient (Wildman–Crippen LogP) is 4.99. The summed E-state index contributed by atoms with van der Waals surface area (Å²) in [6.45, 7) is 4.53. The Bertz CT molecular complexity index is 861. The number of nitrogens with zero attached hydrogens (tertiary/aromatic N) is 1. The molecule has 3 atom stereocenters. The van der Waals surface area contributed by atoms with Gasteiger partial charge in [-0.15, -0.1) is 0 Å². The second-order valence-corrected chi connectivity index (χ2v) is 8.05. The fourth-order valence-electron chi connectivity index (χ4n) is 3.62. The Kier molecular flexibility index (Phi) is 5.04. The van der Waals surface area contributed by atoms with E-state index >= 15 is 0 Å². The predicted molar refractivity (Wildman–Crippen MR) is 104 cm³/mol. The summed E-state index contributed by atoms with van der Waals surface area (Å²) in [7, 11) is 1.43. The van der Waals surface area contributed by atoms with E-state index in [4.69, 9.17) is 9.15 Å². The minimum absolute atomic E-state index is 0.149. The van der Waals surface area contributed by atoms with Crippen molar-refractivity contribution in [2.45, 2.75) is 57.7 Å². The van der Waals surface area contributed by atoms with E-state index in [0.29, 0.717) is 23.9 Å². The van der Waals surface area contributed by atoms with Gasteiger partial charge >= 0.3 is 6.03 Å². The van der Waals surface area contributed by atoms with Crippen LogP contribution in [0, 0.1) is 11.7 Å². The van der Waals surface area contributed by atoms with Crippen molar-refractivity contribution < 1.29 is 18.3 Å². The molecule has 0 bridgehead atoms. The summed E-state index contributed by atoms with van der Waals surface area (Å²) in [5, 5.41) is 2.99. The number of rotatable bonds is 7. The first-order valence-electron chi connectivity index (χ1n) is 9.95. The molecule has 1 aromatic heterocycles. The molecule has 28 heavy (non-hydrogen) atoms. The van der Waals surface area contributed by atoms with Crippen LogP contribution in [0.1, 0.15) is 62.2 Å². The Morgan fingerprint density at radius 3 is 2.71 bits per heavy atom. The molecule has 0 aliphatic heterocycles. The number of methoxy groups -OCH3 is 1. The van der Waals surface area contributed by atoms with Crippen molar-refractivity contribution in [3.05, 3.63) is 53.2 Å². The van der Waals surface area contributed by atoms with Crippen LogP contribution in [0.25, 0.3) is 0 Å². The molecule has 1 heterocycles. The fraction of sp³-hybridized carbons (Fsp3) is 0.500. The smallest absolute Gasteiger partial charge is 0.318 e. The Balaban J connectivity index is 1.41. The first-order valence-corrected chi connectivity index (χ1v) is 9.95. The van der Waals surface area contributed by atoms with Crippen molar-refractivity contribution >= 4 is 6.03 Å². The minimum atomic E-state index is -0.433. The van der Waals surface area contributed by atoms with Crippen molar-refractivity contribution in [2.24, 2.45) is 5.92 Å². The number of benzene rings is 1. The highest BCUT2D eigenvalue weighted by Gasteiger charge is 2.37. The normalized spacial score (nSPS) is 21.9. The molecular formula is C22H27FN2O3. The first kappa shape index (κ1) is 18.8. The second-order valence-electron chi connectivity index (χ2n) is 8.05. The lowest BCUT2D eigenvalue weighted by Crippen LogP contribution is -2.41. The molecule has 0 saturated heterocycles. The van der Waals surface area contributed by atoms with Gasteiger partial charge < -0.3 is 19.4 Å². The molecule has 2 aliphatic rings. The van der Waals surface area contributed by atoms with Crippen molar-refractivity contribution in [3.8, 4) is 5.75 Å². The molecule has 2 aliphatic carbocycles. The highest BCUT2D eigenvalue weighted by Crippen LogP contribution is 2.47. The summed E-state index contributed by atoms with van der Waals surface area (Å²) in [6, 6.07) is 8.55. The SMILES string of the molecule is COc1ccc(C(C)NC(=O)N(Cc2ccc(C3CC3C)o2)C2CC2)cc1F. The number of carbonyl (C=O) groups excluding carboxylic acids is 1. The van der Waals surface area contributed by atoms with Gasteiger partial charge in [-0.1, -0.05) is 13.0 Å². The zero-order chi connectivity index (χ0) is 19.8. The Hall–Kier alpha value is -2.50. The molecule has 2 amide bonds. The Labute approximate surface area is 164 Å². The van der Waals surface area contributed by atoms with E-state index in [1.54, 1.807) is 12.1 Å². The van der Waals surface area contributed by atoms with Gasteiger partial charge in [-0.05, 0) is 61.9 Å². The highest BCUT2D eigenvalue weighted by molar-refractivity contribution is 5.75. The first-order chi connectivity index (χ1) is 13.5. The van der Waals surface area contributed by atoms with Crippen molar-refractivity contribution in [1.82, 2.24) is 10.2 Å². The third-order valence-corrected chi connectivity index (χ3v) is 5.75. The quantitative estimate of drug-likeness (QED) is 0.730. The Morgan fingerprint density at radius 1 is 1.36 bits per heavy atom. The summed E-state index contributed by atoms with van der Waals surface area (Å²) in [4.78, 5) is 14.7. The van der Waals surface area contributed by atoms with Crippen LogP contribution in [0.3, 0.4) is 0 Å². The maximum Gasteiger partial charge on any atom is 0.318 e. The second kappa shape index (κ2) is 7.49. The molecule has 2 fully saturated rings. The van der Waals surface area contributed by atoms with Crippen LogP contribution in [-0.2, 0) is 6.54 Å². The number of amides is 2. The van der Waals surface area contributed by atoms with Crippen molar-refractivity contribution in [3.63, 3.8) is 0 Å². The number of urea groups is 1.